The van der Waals surface area contributed by atoms with Gasteiger partial charge in [0.25, 0.3) is 0 Å². The van der Waals surface area contributed by atoms with Gasteiger partial charge in [-0.15, -0.1) is 0 Å². The van der Waals surface area contributed by atoms with Crippen molar-refractivity contribution in [3.8, 4) is 11.3 Å². The molecule has 0 bridgehead atoms. The van der Waals surface area contributed by atoms with Gasteiger partial charge < -0.3 is 5.73 Å². The Labute approximate surface area is 98.8 Å². The summed E-state index contributed by atoms with van der Waals surface area (Å²) in [5.41, 5.74) is 9.01. The van der Waals surface area contributed by atoms with E-state index in [1.54, 1.807) is 12.1 Å². The van der Waals surface area contributed by atoms with Gasteiger partial charge in [0.05, 0.1) is 11.9 Å². The zero-order valence-electron chi connectivity index (χ0n) is 9.41. The maximum atomic E-state index is 12.9. The predicted molar refractivity (Wildman–Crippen MR) is 63.9 cm³/mol. The van der Waals surface area contributed by atoms with Crippen molar-refractivity contribution in [3.05, 3.63) is 41.8 Å². The number of aromatic nitrogens is 2. The molecule has 3 N–H and O–H groups in total. The van der Waals surface area contributed by atoms with Gasteiger partial charge in [-0.25, -0.2) is 4.39 Å². The Balaban J connectivity index is 2.04. The van der Waals surface area contributed by atoms with Crippen LogP contribution in [0.15, 0.2) is 30.5 Å². The van der Waals surface area contributed by atoms with Crippen LogP contribution in [-0.4, -0.2) is 16.7 Å². The molecule has 0 saturated heterocycles. The summed E-state index contributed by atoms with van der Waals surface area (Å²) in [7, 11) is 0. The van der Waals surface area contributed by atoms with E-state index < -0.39 is 0 Å². The fraction of sp³-hybridized carbons (Fsp3) is 0.308. The van der Waals surface area contributed by atoms with Crippen LogP contribution >= 0.6 is 0 Å². The number of hydrogen-bond acceptors (Lipinski definition) is 2. The van der Waals surface area contributed by atoms with Crippen LogP contribution in [-0.2, 0) is 5.41 Å². The average molecular weight is 231 g/mol. The molecule has 0 unspecified atom stereocenters. The van der Waals surface area contributed by atoms with Crippen LogP contribution < -0.4 is 5.73 Å². The number of aromatic amines is 1. The van der Waals surface area contributed by atoms with Gasteiger partial charge in [0.1, 0.15) is 5.82 Å². The number of halogens is 1. The molecule has 0 atom stereocenters. The molecule has 1 fully saturated rings. The molecule has 17 heavy (non-hydrogen) atoms. The second-order valence-electron chi connectivity index (χ2n) is 4.65. The molecule has 0 radical (unpaired) electrons. The molecule has 3 rings (SSSR count). The zero-order valence-corrected chi connectivity index (χ0v) is 9.41. The summed E-state index contributed by atoms with van der Waals surface area (Å²) in [5, 5.41) is 7.09. The third kappa shape index (κ3) is 1.65. The van der Waals surface area contributed by atoms with E-state index in [0.717, 1.165) is 29.7 Å². The minimum absolute atomic E-state index is 0.0940. The van der Waals surface area contributed by atoms with E-state index in [1.807, 2.05) is 6.20 Å². The Morgan fingerprint density at radius 3 is 2.59 bits per heavy atom. The van der Waals surface area contributed by atoms with Gasteiger partial charge in [-0.3, -0.25) is 5.10 Å². The summed E-state index contributed by atoms with van der Waals surface area (Å²) in [4.78, 5) is 0. The van der Waals surface area contributed by atoms with Crippen LogP contribution in [0, 0.1) is 5.82 Å². The number of benzene rings is 1. The molecule has 1 aromatic heterocycles. The summed E-state index contributed by atoms with van der Waals surface area (Å²) in [6.45, 7) is 0.640. The van der Waals surface area contributed by atoms with Crippen molar-refractivity contribution in [2.75, 3.05) is 6.54 Å². The maximum absolute atomic E-state index is 12.9. The van der Waals surface area contributed by atoms with Crippen molar-refractivity contribution < 1.29 is 4.39 Å². The number of H-pyrrole nitrogens is 1. The van der Waals surface area contributed by atoms with Gasteiger partial charge in [0.2, 0.25) is 0 Å². The minimum atomic E-state index is -0.227. The number of nitrogens with one attached hydrogen (secondary N) is 1. The SMILES string of the molecule is NCC1(c2cn[nH]c2-c2ccc(F)cc2)CC1. The second-order valence-corrected chi connectivity index (χ2v) is 4.65. The highest BCUT2D eigenvalue weighted by molar-refractivity contribution is 5.65. The first-order valence-corrected chi connectivity index (χ1v) is 5.75. The monoisotopic (exact) mass is 231 g/mol. The minimum Gasteiger partial charge on any atom is -0.330 e. The third-order valence-electron chi connectivity index (χ3n) is 3.59. The van der Waals surface area contributed by atoms with E-state index in [-0.39, 0.29) is 11.2 Å². The molecule has 0 spiro atoms. The van der Waals surface area contributed by atoms with Gasteiger partial charge in [0.15, 0.2) is 0 Å². The summed E-state index contributed by atoms with van der Waals surface area (Å²) in [6, 6.07) is 6.45. The predicted octanol–water partition coefficient (Wildman–Crippen LogP) is 2.21. The Bertz CT molecular complexity index is 526. The second kappa shape index (κ2) is 3.67. The van der Waals surface area contributed by atoms with Gasteiger partial charge in [-0.05, 0) is 37.1 Å². The van der Waals surface area contributed by atoms with Crippen LogP contribution in [0.2, 0.25) is 0 Å². The molecule has 1 aromatic carbocycles. The number of nitrogens with two attached hydrogens (primary N) is 1. The van der Waals surface area contributed by atoms with Crippen molar-refractivity contribution >= 4 is 0 Å². The Morgan fingerprint density at radius 1 is 1.29 bits per heavy atom. The van der Waals surface area contributed by atoms with Crippen LogP contribution in [0.4, 0.5) is 4.39 Å². The van der Waals surface area contributed by atoms with Crippen molar-refractivity contribution in [3.63, 3.8) is 0 Å². The lowest BCUT2D eigenvalue weighted by Gasteiger charge is -2.12. The van der Waals surface area contributed by atoms with Crippen molar-refractivity contribution in [1.29, 1.82) is 0 Å². The van der Waals surface area contributed by atoms with Gasteiger partial charge in [-0.1, -0.05) is 0 Å². The first-order chi connectivity index (χ1) is 8.25. The van der Waals surface area contributed by atoms with Crippen LogP contribution in [0.1, 0.15) is 18.4 Å². The molecule has 0 aliphatic heterocycles. The molecule has 3 nitrogen and oxygen atoms in total. The van der Waals surface area contributed by atoms with Gasteiger partial charge in [0, 0.05) is 23.1 Å². The molecule has 1 saturated carbocycles. The number of hydrogen-bond donors (Lipinski definition) is 2. The summed E-state index contributed by atoms with van der Waals surface area (Å²) in [6.07, 6.45) is 4.06. The maximum Gasteiger partial charge on any atom is 0.123 e. The van der Waals surface area contributed by atoms with Crippen LogP contribution in [0.3, 0.4) is 0 Å². The standard InChI is InChI=1S/C13H14FN3/c14-10-3-1-9(2-4-10)12-11(7-16-17-12)13(8-15)5-6-13/h1-4,7H,5-6,8,15H2,(H,16,17). The molecule has 2 aromatic rings. The largest absolute Gasteiger partial charge is 0.330 e. The van der Waals surface area contributed by atoms with E-state index in [0.29, 0.717) is 6.54 Å². The summed E-state index contributed by atoms with van der Waals surface area (Å²) in [5.74, 6) is -0.227. The Morgan fingerprint density at radius 2 is 2.00 bits per heavy atom. The fourth-order valence-corrected chi connectivity index (χ4v) is 2.26. The zero-order chi connectivity index (χ0) is 11.9. The van der Waals surface area contributed by atoms with E-state index in [4.69, 9.17) is 5.73 Å². The number of nitrogens with zero attached hydrogens (tertiary/aromatic N) is 1. The van der Waals surface area contributed by atoms with Gasteiger partial charge >= 0.3 is 0 Å². The highest BCUT2D eigenvalue weighted by atomic mass is 19.1. The number of rotatable bonds is 3. The van der Waals surface area contributed by atoms with Crippen molar-refractivity contribution in [2.45, 2.75) is 18.3 Å². The van der Waals surface area contributed by atoms with E-state index in [9.17, 15) is 4.39 Å². The van der Waals surface area contributed by atoms with Crippen LogP contribution in [0.5, 0.6) is 0 Å². The molecular weight excluding hydrogens is 217 g/mol. The lowest BCUT2D eigenvalue weighted by atomic mass is 9.94. The normalized spacial score (nSPS) is 17.1. The van der Waals surface area contributed by atoms with Crippen LogP contribution in [0.25, 0.3) is 11.3 Å². The summed E-state index contributed by atoms with van der Waals surface area (Å²) >= 11 is 0. The van der Waals surface area contributed by atoms with E-state index >= 15 is 0 Å². The van der Waals surface area contributed by atoms with Crippen molar-refractivity contribution in [2.24, 2.45) is 5.73 Å². The van der Waals surface area contributed by atoms with E-state index in [1.165, 1.54) is 12.1 Å². The van der Waals surface area contributed by atoms with Crippen molar-refractivity contribution in [1.82, 2.24) is 10.2 Å². The Kier molecular flexibility index (Phi) is 2.26. The lowest BCUT2D eigenvalue weighted by molar-refractivity contribution is 0.628. The smallest absolute Gasteiger partial charge is 0.123 e. The summed E-state index contributed by atoms with van der Waals surface area (Å²) < 4.78 is 12.9. The Hall–Kier alpha value is -1.68. The van der Waals surface area contributed by atoms with Gasteiger partial charge in [-0.2, -0.15) is 5.10 Å². The molecule has 0 amide bonds. The fourth-order valence-electron chi connectivity index (χ4n) is 2.26. The first kappa shape index (κ1) is 10.5. The van der Waals surface area contributed by atoms with E-state index in [2.05, 4.69) is 10.2 Å². The molecule has 1 aliphatic carbocycles. The highest BCUT2D eigenvalue weighted by Gasteiger charge is 2.45. The molecule has 4 heteroatoms. The highest BCUT2D eigenvalue weighted by Crippen LogP contribution is 2.49. The third-order valence-corrected chi connectivity index (χ3v) is 3.59. The quantitative estimate of drug-likeness (QED) is 0.850. The molecular formula is C13H14FN3. The molecule has 1 aliphatic rings. The average Bonchev–Trinajstić information content (AvgIpc) is 3.00. The molecule has 88 valence electrons. The topological polar surface area (TPSA) is 54.7 Å². The first-order valence-electron chi connectivity index (χ1n) is 5.75. The lowest BCUT2D eigenvalue weighted by Crippen LogP contribution is -2.19. The molecule has 1 heterocycles.